The molecular formula is C42H60OSi2. The number of ether oxygens (including phenoxy) is 1. The Morgan fingerprint density at radius 2 is 1.64 bits per heavy atom. The zero-order valence-corrected chi connectivity index (χ0v) is 33.0. The number of hydrogen-bond acceptors (Lipinski definition) is 1. The lowest BCUT2D eigenvalue weighted by Crippen LogP contribution is -2.44. The van der Waals surface area contributed by atoms with Gasteiger partial charge < -0.3 is 4.74 Å². The highest BCUT2D eigenvalue weighted by Crippen LogP contribution is 2.61. The van der Waals surface area contributed by atoms with E-state index in [0.717, 1.165) is 5.75 Å². The molecule has 3 aliphatic rings. The van der Waals surface area contributed by atoms with Crippen molar-refractivity contribution in [3.05, 3.63) is 92.9 Å². The highest BCUT2D eigenvalue weighted by Gasteiger charge is 2.49. The monoisotopic (exact) mass is 636 g/mol. The average molecular weight is 637 g/mol. The number of rotatable bonds is 8. The number of aryl methyl sites for hydroxylation is 1. The van der Waals surface area contributed by atoms with E-state index in [9.17, 15) is 0 Å². The van der Waals surface area contributed by atoms with E-state index in [-0.39, 0.29) is 16.2 Å². The molecule has 3 heteroatoms. The summed E-state index contributed by atoms with van der Waals surface area (Å²) in [5.74, 6) is 1.09. The van der Waals surface area contributed by atoms with Gasteiger partial charge in [0.15, 0.2) is 0 Å². The van der Waals surface area contributed by atoms with E-state index in [1.807, 2.05) is 6.08 Å². The summed E-state index contributed by atoms with van der Waals surface area (Å²) in [5.41, 5.74) is 13.0. The van der Waals surface area contributed by atoms with Gasteiger partial charge in [0, 0.05) is 25.3 Å². The zero-order chi connectivity index (χ0) is 33.3. The van der Waals surface area contributed by atoms with Crippen LogP contribution in [0, 0.1) is 17.8 Å². The van der Waals surface area contributed by atoms with Gasteiger partial charge in [0.1, 0.15) is 12.4 Å². The SMILES string of the molecule is C=CCOc1c(C2=c3ccc(C(C)(C)C)cc3=C3C(=C4CCC(C)(C)C=C4C3[SiH](CC)CC)C2(C)C)cc(C)cc1[Si](C)(C)C. The van der Waals surface area contributed by atoms with Crippen molar-refractivity contribution in [3.8, 4) is 5.75 Å². The van der Waals surface area contributed by atoms with Gasteiger partial charge in [-0.15, -0.1) is 0 Å². The standard InChI is InChI=1S/C42H60OSi2/c1-15-22-43-38-32(23-27(4)24-34(38)45(12,13)14)36-29-19-18-28(40(5,6)7)25-31(29)35-37(42(36,10)11)30-20-21-41(8,9)26-33(30)39(35)44(16-2)17-3/h15,18-19,23-26,39,44H,1,16-17,20-22H2,2-14H3. The summed E-state index contributed by atoms with van der Waals surface area (Å²) in [5, 5.41) is 4.34. The van der Waals surface area contributed by atoms with Gasteiger partial charge in [-0.05, 0) is 85.7 Å². The van der Waals surface area contributed by atoms with Crippen LogP contribution in [0.4, 0.5) is 0 Å². The van der Waals surface area contributed by atoms with Gasteiger partial charge in [-0.2, -0.15) is 0 Å². The second kappa shape index (κ2) is 11.7. The first-order chi connectivity index (χ1) is 20.9. The molecule has 3 aliphatic carbocycles. The Morgan fingerprint density at radius 3 is 2.22 bits per heavy atom. The zero-order valence-electron chi connectivity index (χ0n) is 30.8. The average Bonchev–Trinajstić information content (AvgIpc) is 3.26. The third kappa shape index (κ3) is 5.86. The molecule has 0 saturated carbocycles. The number of benzene rings is 2. The first kappa shape index (κ1) is 34.0. The Hall–Kier alpha value is -2.37. The van der Waals surface area contributed by atoms with Crippen molar-refractivity contribution in [2.24, 2.45) is 10.8 Å². The lowest BCUT2D eigenvalue weighted by atomic mass is 9.66. The predicted octanol–water partition coefficient (Wildman–Crippen LogP) is 9.49. The van der Waals surface area contributed by atoms with E-state index in [1.54, 1.807) is 22.3 Å². The van der Waals surface area contributed by atoms with E-state index in [2.05, 4.69) is 132 Å². The van der Waals surface area contributed by atoms with Crippen LogP contribution in [0.5, 0.6) is 5.75 Å². The molecule has 0 aromatic heterocycles. The van der Waals surface area contributed by atoms with Crippen LogP contribution < -0.4 is 20.4 Å². The molecule has 0 saturated heterocycles. The number of fused-ring (bicyclic) bond motifs is 3. The van der Waals surface area contributed by atoms with Crippen molar-refractivity contribution >= 4 is 33.2 Å². The molecule has 1 unspecified atom stereocenters. The van der Waals surface area contributed by atoms with Crippen LogP contribution >= 0.6 is 0 Å². The maximum Gasteiger partial charge on any atom is 0.126 e. The second-order valence-electron chi connectivity index (χ2n) is 17.5. The topological polar surface area (TPSA) is 9.23 Å². The van der Waals surface area contributed by atoms with E-state index in [1.165, 1.54) is 62.8 Å². The van der Waals surface area contributed by atoms with Gasteiger partial charge in [-0.25, -0.2) is 0 Å². The van der Waals surface area contributed by atoms with Crippen LogP contribution in [-0.2, 0) is 5.41 Å². The van der Waals surface area contributed by atoms with Crippen molar-refractivity contribution in [3.63, 3.8) is 0 Å². The van der Waals surface area contributed by atoms with Gasteiger partial charge in [-0.1, -0.05) is 143 Å². The minimum Gasteiger partial charge on any atom is -0.489 e. The van der Waals surface area contributed by atoms with E-state index in [0.29, 0.717) is 12.1 Å². The van der Waals surface area contributed by atoms with Crippen LogP contribution in [-0.4, -0.2) is 23.5 Å². The van der Waals surface area contributed by atoms with Crippen LogP contribution in [0.25, 0.3) is 11.1 Å². The molecule has 242 valence electrons. The van der Waals surface area contributed by atoms with E-state index >= 15 is 0 Å². The van der Waals surface area contributed by atoms with Crippen LogP contribution in [0.1, 0.15) is 91.8 Å². The molecule has 0 spiro atoms. The Balaban J connectivity index is 2.05. The molecule has 0 bridgehead atoms. The van der Waals surface area contributed by atoms with Crippen LogP contribution in [0.15, 0.2) is 65.8 Å². The molecule has 0 heterocycles. The smallest absolute Gasteiger partial charge is 0.126 e. The molecule has 0 N–H and O–H groups in total. The molecule has 45 heavy (non-hydrogen) atoms. The number of allylic oxidation sites excluding steroid dienone is 4. The minimum absolute atomic E-state index is 0.0804. The Bertz CT molecular complexity index is 1710. The Labute approximate surface area is 277 Å². The maximum atomic E-state index is 6.75. The largest absolute Gasteiger partial charge is 0.489 e. The van der Waals surface area contributed by atoms with Gasteiger partial charge in [-0.3, -0.25) is 0 Å². The third-order valence-corrected chi connectivity index (χ3v) is 16.7. The lowest BCUT2D eigenvalue weighted by Gasteiger charge is -2.39. The lowest BCUT2D eigenvalue weighted by molar-refractivity contribution is 0.364. The van der Waals surface area contributed by atoms with Gasteiger partial charge >= 0.3 is 0 Å². The quantitative estimate of drug-likeness (QED) is 0.207. The van der Waals surface area contributed by atoms with Crippen molar-refractivity contribution in [1.29, 1.82) is 0 Å². The molecule has 0 aliphatic heterocycles. The normalized spacial score (nSPS) is 20.6. The van der Waals surface area contributed by atoms with Crippen molar-refractivity contribution in [1.82, 2.24) is 0 Å². The second-order valence-corrected chi connectivity index (χ2v) is 26.3. The third-order valence-electron chi connectivity index (χ3n) is 11.0. The van der Waals surface area contributed by atoms with Crippen molar-refractivity contribution < 1.29 is 4.74 Å². The summed E-state index contributed by atoms with van der Waals surface area (Å²) in [7, 11) is -2.84. The van der Waals surface area contributed by atoms with Crippen molar-refractivity contribution in [2.45, 2.75) is 125 Å². The summed E-state index contributed by atoms with van der Waals surface area (Å²) in [6, 6.07) is 15.0. The molecule has 1 atom stereocenters. The van der Waals surface area contributed by atoms with Gasteiger partial charge in [0.05, 0.1) is 8.07 Å². The fraction of sp³-hybridized carbons (Fsp3) is 0.524. The fourth-order valence-corrected chi connectivity index (χ4v) is 13.4. The first-order valence-electron chi connectivity index (χ1n) is 17.6. The van der Waals surface area contributed by atoms with Gasteiger partial charge in [0.25, 0.3) is 0 Å². The van der Waals surface area contributed by atoms with E-state index in [4.69, 9.17) is 4.74 Å². The summed E-state index contributed by atoms with van der Waals surface area (Å²) < 4.78 is 6.75. The predicted molar refractivity (Wildman–Crippen MR) is 204 cm³/mol. The van der Waals surface area contributed by atoms with Crippen LogP contribution in [0.3, 0.4) is 0 Å². The van der Waals surface area contributed by atoms with E-state index < -0.39 is 16.9 Å². The first-order valence-corrected chi connectivity index (χ1v) is 23.4. The molecule has 1 nitrogen and oxygen atoms in total. The highest BCUT2D eigenvalue weighted by atomic mass is 28.3. The molecule has 0 fully saturated rings. The summed E-state index contributed by atoms with van der Waals surface area (Å²) in [4.78, 5) is 0. The summed E-state index contributed by atoms with van der Waals surface area (Å²) >= 11 is 0. The minimum atomic E-state index is -1.73. The molecule has 0 amide bonds. The molecule has 5 rings (SSSR count). The molecule has 2 aromatic carbocycles. The Kier molecular flexibility index (Phi) is 8.84. The Morgan fingerprint density at radius 1 is 0.978 bits per heavy atom. The molecule has 2 aromatic rings. The molecule has 0 radical (unpaired) electrons. The summed E-state index contributed by atoms with van der Waals surface area (Å²) in [6.45, 7) is 36.2. The fourth-order valence-electron chi connectivity index (χ4n) is 8.67. The van der Waals surface area contributed by atoms with Gasteiger partial charge in [0.2, 0.25) is 0 Å². The highest BCUT2D eigenvalue weighted by molar-refractivity contribution is 6.89. The maximum absolute atomic E-state index is 6.75. The molecular weight excluding hydrogens is 577 g/mol. The summed E-state index contributed by atoms with van der Waals surface area (Å²) in [6.07, 6.45) is 7.02. The van der Waals surface area contributed by atoms with Crippen LogP contribution in [0.2, 0.25) is 37.3 Å². The van der Waals surface area contributed by atoms with Crippen molar-refractivity contribution in [2.75, 3.05) is 6.61 Å². The number of hydrogen-bond donors (Lipinski definition) is 0.